The number of rotatable bonds is 8. The van der Waals surface area contributed by atoms with Crippen molar-refractivity contribution in [1.29, 1.82) is 0 Å². The summed E-state index contributed by atoms with van der Waals surface area (Å²) in [6, 6.07) is 1.77. The molecule has 3 atom stereocenters. The van der Waals surface area contributed by atoms with Crippen LogP contribution in [0, 0.1) is 5.92 Å². The minimum Gasteiger partial charge on any atom is -0.380 e. The van der Waals surface area contributed by atoms with Gasteiger partial charge in [-0.15, -0.1) is 0 Å². The van der Waals surface area contributed by atoms with Crippen molar-refractivity contribution in [3.8, 4) is 0 Å². The van der Waals surface area contributed by atoms with Gasteiger partial charge in [0.15, 0.2) is 0 Å². The molecule has 2 N–H and O–H groups in total. The predicted molar refractivity (Wildman–Crippen MR) is 73.4 cm³/mol. The number of ether oxygens (including phenoxy) is 1. The summed E-state index contributed by atoms with van der Waals surface area (Å²) >= 11 is 0. The molecule has 0 spiro atoms. The van der Waals surface area contributed by atoms with Crippen LogP contribution in [-0.4, -0.2) is 37.9 Å². The van der Waals surface area contributed by atoms with Crippen LogP contribution in [0.15, 0.2) is 0 Å². The quantitative estimate of drug-likeness (QED) is 0.684. The van der Waals surface area contributed by atoms with Crippen LogP contribution in [0.4, 0.5) is 0 Å². The fraction of sp³-hybridized carbons (Fsp3) is 1.00. The Morgan fingerprint density at radius 3 is 2.65 bits per heavy atom. The van der Waals surface area contributed by atoms with Crippen LogP contribution in [0.25, 0.3) is 0 Å². The second kappa shape index (κ2) is 8.06. The molecule has 0 saturated carbocycles. The van der Waals surface area contributed by atoms with Crippen molar-refractivity contribution in [3.63, 3.8) is 0 Å². The summed E-state index contributed by atoms with van der Waals surface area (Å²) in [6.07, 6.45) is 3.91. The molecular formula is C14H30N2O. The number of nitrogens with one attached hydrogen (secondary N) is 2. The lowest BCUT2D eigenvalue weighted by Gasteiger charge is -2.27. The van der Waals surface area contributed by atoms with Crippen molar-refractivity contribution in [2.45, 2.75) is 65.1 Å². The Kier molecular flexibility index (Phi) is 7.09. The Morgan fingerprint density at radius 2 is 2.12 bits per heavy atom. The fourth-order valence-corrected chi connectivity index (χ4v) is 2.50. The summed E-state index contributed by atoms with van der Waals surface area (Å²) in [5.41, 5.74) is 0. The Hall–Kier alpha value is -0.120. The molecule has 0 radical (unpaired) electrons. The average Bonchev–Trinajstić information content (AvgIpc) is 2.76. The Bertz CT molecular complexity index is 191. The van der Waals surface area contributed by atoms with Crippen LogP contribution in [0.3, 0.4) is 0 Å². The van der Waals surface area contributed by atoms with Gasteiger partial charge in [0.1, 0.15) is 0 Å². The van der Waals surface area contributed by atoms with Crippen molar-refractivity contribution >= 4 is 0 Å². The zero-order valence-electron chi connectivity index (χ0n) is 12.0. The minimum atomic E-state index is 0.478. The molecule has 1 saturated heterocycles. The normalized spacial score (nSPS) is 24.2. The van der Waals surface area contributed by atoms with Crippen LogP contribution in [0.1, 0.15) is 47.0 Å². The van der Waals surface area contributed by atoms with E-state index in [1.807, 2.05) is 0 Å². The molecule has 3 heteroatoms. The van der Waals surface area contributed by atoms with E-state index < -0.39 is 0 Å². The Labute approximate surface area is 107 Å². The van der Waals surface area contributed by atoms with E-state index >= 15 is 0 Å². The summed E-state index contributed by atoms with van der Waals surface area (Å²) in [7, 11) is 0. The molecule has 1 aliphatic rings. The van der Waals surface area contributed by atoms with Gasteiger partial charge in [0, 0.05) is 24.7 Å². The van der Waals surface area contributed by atoms with E-state index in [-0.39, 0.29) is 0 Å². The smallest absolute Gasteiger partial charge is 0.0622 e. The van der Waals surface area contributed by atoms with E-state index in [4.69, 9.17) is 4.74 Å². The van der Waals surface area contributed by atoms with E-state index in [1.165, 1.54) is 25.8 Å². The maximum atomic E-state index is 5.55. The molecule has 0 bridgehead atoms. The lowest BCUT2D eigenvalue weighted by molar-refractivity contribution is 0.103. The van der Waals surface area contributed by atoms with Crippen molar-refractivity contribution in [1.82, 2.24) is 10.6 Å². The molecule has 1 fully saturated rings. The highest BCUT2D eigenvalue weighted by molar-refractivity contribution is 4.81. The van der Waals surface area contributed by atoms with Gasteiger partial charge in [-0.1, -0.05) is 13.8 Å². The standard InChI is InChI=1S/C14H30N2O/c1-5-17-10-14(11(2)3)16-12(4)9-13-7-6-8-15-13/h11-16H,5-10H2,1-4H3. The van der Waals surface area contributed by atoms with Crippen molar-refractivity contribution in [2.75, 3.05) is 19.8 Å². The average molecular weight is 242 g/mol. The van der Waals surface area contributed by atoms with Gasteiger partial charge in [0.05, 0.1) is 6.61 Å². The highest BCUT2D eigenvalue weighted by Gasteiger charge is 2.20. The first kappa shape index (κ1) is 14.9. The molecule has 1 rings (SSSR count). The molecule has 102 valence electrons. The second-order valence-corrected chi connectivity index (χ2v) is 5.61. The monoisotopic (exact) mass is 242 g/mol. The first-order chi connectivity index (χ1) is 8.13. The zero-order valence-corrected chi connectivity index (χ0v) is 12.0. The Balaban J connectivity index is 2.26. The summed E-state index contributed by atoms with van der Waals surface area (Å²) < 4.78 is 5.55. The van der Waals surface area contributed by atoms with E-state index in [1.54, 1.807) is 0 Å². The fourth-order valence-electron chi connectivity index (χ4n) is 2.50. The molecule has 17 heavy (non-hydrogen) atoms. The molecule has 0 aromatic rings. The first-order valence-electron chi connectivity index (χ1n) is 7.20. The van der Waals surface area contributed by atoms with E-state index in [2.05, 4.69) is 38.3 Å². The summed E-state index contributed by atoms with van der Waals surface area (Å²) in [5, 5.41) is 7.27. The first-order valence-corrected chi connectivity index (χ1v) is 7.20. The molecule has 0 aliphatic carbocycles. The van der Waals surface area contributed by atoms with E-state index in [0.29, 0.717) is 18.0 Å². The molecule has 1 heterocycles. The summed E-state index contributed by atoms with van der Waals surface area (Å²) in [4.78, 5) is 0. The number of hydrogen-bond acceptors (Lipinski definition) is 3. The van der Waals surface area contributed by atoms with Gasteiger partial charge in [0.2, 0.25) is 0 Å². The maximum Gasteiger partial charge on any atom is 0.0622 e. The highest BCUT2D eigenvalue weighted by Crippen LogP contribution is 2.12. The molecule has 0 amide bonds. The van der Waals surface area contributed by atoms with Crippen LogP contribution >= 0.6 is 0 Å². The van der Waals surface area contributed by atoms with Crippen LogP contribution in [-0.2, 0) is 4.74 Å². The lowest BCUT2D eigenvalue weighted by Crippen LogP contribution is -2.45. The second-order valence-electron chi connectivity index (χ2n) is 5.61. The number of hydrogen-bond donors (Lipinski definition) is 2. The van der Waals surface area contributed by atoms with Gasteiger partial charge < -0.3 is 15.4 Å². The van der Waals surface area contributed by atoms with Gasteiger partial charge in [-0.05, 0) is 45.6 Å². The topological polar surface area (TPSA) is 33.3 Å². The van der Waals surface area contributed by atoms with Gasteiger partial charge in [0.25, 0.3) is 0 Å². The lowest BCUT2D eigenvalue weighted by atomic mass is 10.0. The minimum absolute atomic E-state index is 0.478. The largest absolute Gasteiger partial charge is 0.380 e. The van der Waals surface area contributed by atoms with E-state index in [0.717, 1.165) is 19.3 Å². The summed E-state index contributed by atoms with van der Waals surface area (Å²) in [5.74, 6) is 0.625. The zero-order chi connectivity index (χ0) is 12.7. The molecule has 0 aromatic heterocycles. The Morgan fingerprint density at radius 1 is 1.35 bits per heavy atom. The highest BCUT2D eigenvalue weighted by atomic mass is 16.5. The SMILES string of the molecule is CCOCC(NC(C)CC1CCCN1)C(C)C. The third-order valence-electron chi connectivity index (χ3n) is 3.61. The van der Waals surface area contributed by atoms with Crippen LogP contribution in [0.2, 0.25) is 0 Å². The van der Waals surface area contributed by atoms with Gasteiger partial charge in [-0.2, -0.15) is 0 Å². The molecule has 1 aliphatic heterocycles. The van der Waals surface area contributed by atoms with Crippen LogP contribution in [0.5, 0.6) is 0 Å². The van der Waals surface area contributed by atoms with Gasteiger partial charge in [-0.3, -0.25) is 0 Å². The third kappa shape index (κ3) is 5.84. The molecule has 3 unspecified atom stereocenters. The third-order valence-corrected chi connectivity index (χ3v) is 3.61. The van der Waals surface area contributed by atoms with Gasteiger partial charge >= 0.3 is 0 Å². The molecular weight excluding hydrogens is 212 g/mol. The molecule has 3 nitrogen and oxygen atoms in total. The van der Waals surface area contributed by atoms with Crippen molar-refractivity contribution < 1.29 is 4.74 Å². The predicted octanol–water partition coefficient (Wildman–Crippen LogP) is 2.17. The summed E-state index contributed by atoms with van der Waals surface area (Å²) in [6.45, 7) is 11.7. The maximum absolute atomic E-state index is 5.55. The molecule has 0 aromatic carbocycles. The van der Waals surface area contributed by atoms with E-state index in [9.17, 15) is 0 Å². The van der Waals surface area contributed by atoms with Crippen molar-refractivity contribution in [2.24, 2.45) is 5.92 Å². The van der Waals surface area contributed by atoms with Crippen LogP contribution < -0.4 is 10.6 Å². The van der Waals surface area contributed by atoms with Gasteiger partial charge in [-0.25, -0.2) is 0 Å². The van der Waals surface area contributed by atoms with Crippen molar-refractivity contribution in [3.05, 3.63) is 0 Å².